The lowest BCUT2D eigenvalue weighted by atomic mass is 10.1. The Kier molecular flexibility index (Phi) is 3.73. The van der Waals surface area contributed by atoms with Crippen LogP contribution in [0.15, 0.2) is 12.1 Å². The predicted octanol–water partition coefficient (Wildman–Crippen LogP) is 1.57. The van der Waals surface area contributed by atoms with Gasteiger partial charge in [-0.2, -0.15) is 0 Å². The molecule has 0 bridgehead atoms. The zero-order valence-corrected chi connectivity index (χ0v) is 8.76. The van der Waals surface area contributed by atoms with Crippen LogP contribution in [-0.2, 0) is 4.74 Å². The van der Waals surface area contributed by atoms with E-state index in [-0.39, 0.29) is 6.79 Å². The number of anilines is 1. The highest BCUT2D eigenvalue weighted by Crippen LogP contribution is 2.28. The van der Waals surface area contributed by atoms with Crippen molar-refractivity contribution in [2.75, 3.05) is 19.3 Å². The lowest BCUT2D eigenvalue weighted by Gasteiger charge is -2.13. The van der Waals surface area contributed by atoms with E-state index in [0.717, 1.165) is 22.6 Å². The van der Waals surface area contributed by atoms with Gasteiger partial charge in [0.1, 0.15) is 5.75 Å². The highest BCUT2D eigenvalue weighted by molar-refractivity contribution is 5.61. The van der Waals surface area contributed by atoms with Gasteiger partial charge >= 0.3 is 0 Å². The summed E-state index contributed by atoms with van der Waals surface area (Å²) < 4.78 is 10.2. The number of methoxy groups -OCH3 is 1. The van der Waals surface area contributed by atoms with Crippen molar-refractivity contribution in [3.05, 3.63) is 23.3 Å². The molecule has 1 rings (SSSR count). The van der Waals surface area contributed by atoms with Crippen LogP contribution in [0.1, 0.15) is 11.1 Å². The lowest BCUT2D eigenvalue weighted by molar-refractivity contribution is 0.0507. The van der Waals surface area contributed by atoms with Crippen molar-refractivity contribution in [1.82, 2.24) is 0 Å². The fourth-order valence-electron chi connectivity index (χ4n) is 1.33. The summed E-state index contributed by atoms with van der Waals surface area (Å²) in [6, 6.07) is 3.86. The van der Waals surface area contributed by atoms with E-state index < -0.39 is 0 Å². The Hall–Kier alpha value is -1.26. The van der Waals surface area contributed by atoms with E-state index in [4.69, 9.17) is 15.3 Å². The van der Waals surface area contributed by atoms with E-state index in [1.807, 2.05) is 26.0 Å². The summed E-state index contributed by atoms with van der Waals surface area (Å²) in [6.45, 7) is 4.18. The van der Waals surface area contributed by atoms with E-state index >= 15 is 0 Å². The Bertz CT molecular complexity index is 313. The van der Waals surface area contributed by atoms with E-state index in [1.165, 1.54) is 0 Å². The van der Waals surface area contributed by atoms with Crippen molar-refractivity contribution in [2.45, 2.75) is 13.8 Å². The summed E-state index contributed by atoms with van der Waals surface area (Å²) >= 11 is 0. The molecule has 0 saturated heterocycles. The maximum Gasteiger partial charge on any atom is 0.188 e. The number of ether oxygens (including phenoxy) is 2. The average Bonchev–Trinajstić information content (AvgIpc) is 2.18. The van der Waals surface area contributed by atoms with Crippen LogP contribution in [0.3, 0.4) is 0 Å². The summed E-state index contributed by atoms with van der Waals surface area (Å²) in [4.78, 5) is 0. The molecule has 78 valence electrons. The molecule has 0 fully saturated rings. The maximum atomic E-state index is 5.41. The van der Waals surface area contributed by atoms with Crippen LogP contribution in [-0.4, -0.2) is 13.9 Å². The number of hydrogen-bond acceptors (Lipinski definition) is 4. The monoisotopic (exact) mass is 196 g/mol. The molecule has 1 aromatic rings. The van der Waals surface area contributed by atoms with Gasteiger partial charge in [-0.1, -0.05) is 6.07 Å². The van der Waals surface area contributed by atoms with Crippen LogP contribution < -0.4 is 16.0 Å². The highest BCUT2D eigenvalue weighted by Gasteiger charge is 2.06. The Balaban J connectivity index is 2.96. The van der Waals surface area contributed by atoms with Crippen LogP contribution in [0.5, 0.6) is 5.75 Å². The molecule has 0 aliphatic heterocycles. The lowest BCUT2D eigenvalue weighted by Crippen LogP contribution is -2.11. The van der Waals surface area contributed by atoms with Crippen LogP contribution in [0.4, 0.5) is 5.69 Å². The van der Waals surface area contributed by atoms with E-state index in [1.54, 1.807) is 7.11 Å². The molecule has 0 saturated carbocycles. The summed E-state index contributed by atoms with van der Waals surface area (Å²) in [5.41, 5.74) is 5.64. The summed E-state index contributed by atoms with van der Waals surface area (Å²) in [6.07, 6.45) is 0. The number of hydrogen-bond donors (Lipinski definition) is 2. The van der Waals surface area contributed by atoms with Gasteiger partial charge in [0.15, 0.2) is 6.79 Å². The molecule has 14 heavy (non-hydrogen) atoms. The van der Waals surface area contributed by atoms with Crippen LogP contribution >= 0.6 is 0 Å². The number of rotatable bonds is 4. The molecule has 0 unspecified atom stereocenters. The van der Waals surface area contributed by atoms with Crippen molar-refractivity contribution >= 4 is 5.69 Å². The van der Waals surface area contributed by atoms with E-state index in [0.29, 0.717) is 0 Å². The van der Waals surface area contributed by atoms with Crippen LogP contribution in [0.25, 0.3) is 0 Å². The van der Waals surface area contributed by atoms with E-state index in [2.05, 4.69) is 5.43 Å². The molecule has 0 amide bonds. The summed E-state index contributed by atoms with van der Waals surface area (Å²) in [7, 11) is 1.59. The number of aryl methyl sites for hydroxylation is 1. The van der Waals surface area contributed by atoms with Crippen molar-refractivity contribution in [1.29, 1.82) is 0 Å². The van der Waals surface area contributed by atoms with Gasteiger partial charge in [0.25, 0.3) is 0 Å². The number of nitrogens with one attached hydrogen (secondary N) is 1. The summed E-state index contributed by atoms with van der Waals surface area (Å²) in [5, 5.41) is 0. The van der Waals surface area contributed by atoms with Gasteiger partial charge in [-0.15, -0.1) is 0 Å². The second-order valence-electron chi connectivity index (χ2n) is 3.08. The first-order valence-corrected chi connectivity index (χ1v) is 4.39. The molecule has 0 aliphatic rings. The fraction of sp³-hybridized carbons (Fsp3) is 0.400. The topological polar surface area (TPSA) is 56.5 Å². The number of benzene rings is 1. The second kappa shape index (κ2) is 4.83. The molecule has 0 aromatic heterocycles. The Labute approximate surface area is 84.0 Å². The first-order chi connectivity index (χ1) is 6.70. The van der Waals surface area contributed by atoms with Gasteiger partial charge < -0.3 is 14.9 Å². The molecule has 0 spiro atoms. The molecule has 0 radical (unpaired) electrons. The smallest absolute Gasteiger partial charge is 0.188 e. The highest BCUT2D eigenvalue weighted by atomic mass is 16.7. The van der Waals surface area contributed by atoms with Crippen molar-refractivity contribution in [3.63, 3.8) is 0 Å². The van der Waals surface area contributed by atoms with Crippen LogP contribution in [0.2, 0.25) is 0 Å². The average molecular weight is 196 g/mol. The number of nitrogens with two attached hydrogens (primary N) is 1. The third kappa shape index (κ3) is 2.16. The molecular formula is C10H16N2O2. The van der Waals surface area contributed by atoms with Gasteiger partial charge in [-0.25, -0.2) is 0 Å². The van der Waals surface area contributed by atoms with Gasteiger partial charge in [0, 0.05) is 12.7 Å². The molecule has 4 nitrogen and oxygen atoms in total. The van der Waals surface area contributed by atoms with Gasteiger partial charge in [0.05, 0.1) is 5.69 Å². The fourth-order valence-corrected chi connectivity index (χ4v) is 1.33. The quantitative estimate of drug-likeness (QED) is 0.436. The Morgan fingerprint density at radius 3 is 2.64 bits per heavy atom. The minimum absolute atomic E-state index is 0.244. The molecule has 1 aromatic carbocycles. The SMILES string of the molecule is COCOc1ccc(C)c(NN)c1C. The molecule has 0 atom stereocenters. The maximum absolute atomic E-state index is 5.41. The Morgan fingerprint density at radius 1 is 1.36 bits per heavy atom. The van der Waals surface area contributed by atoms with Crippen molar-refractivity contribution < 1.29 is 9.47 Å². The third-order valence-electron chi connectivity index (χ3n) is 2.10. The zero-order valence-electron chi connectivity index (χ0n) is 8.76. The summed E-state index contributed by atoms with van der Waals surface area (Å²) in [5.74, 6) is 6.20. The molecular weight excluding hydrogens is 180 g/mol. The van der Waals surface area contributed by atoms with Crippen molar-refractivity contribution in [2.24, 2.45) is 5.84 Å². The first kappa shape index (κ1) is 10.8. The minimum Gasteiger partial charge on any atom is -0.467 e. The molecule has 0 heterocycles. The molecule has 4 heteroatoms. The van der Waals surface area contributed by atoms with Crippen molar-refractivity contribution in [3.8, 4) is 5.75 Å². The standard InChI is InChI=1S/C10H16N2O2/c1-7-4-5-9(14-6-13-3)8(2)10(7)12-11/h4-5,12H,6,11H2,1-3H3. The predicted molar refractivity (Wildman–Crippen MR) is 56.2 cm³/mol. The Morgan fingerprint density at radius 2 is 2.07 bits per heavy atom. The zero-order chi connectivity index (χ0) is 10.6. The third-order valence-corrected chi connectivity index (χ3v) is 2.10. The number of hydrazine groups is 1. The van der Waals surface area contributed by atoms with E-state index in [9.17, 15) is 0 Å². The minimum atomic E-state index is 0.244. The van der Waals surface area contributed by atoms with Gasteiger partial charge in [0.2, 0.25) is 0 Å². The van der Waals surface area contributed by atoms with Gasteiger partial charge in [-0.05, 0) is 25.5 Å². The molecule has 3 N–H and O–H groups in total. The normalized spacial score (nSPS) is 10.0. The van der Waals surface area contributed by atoms with Gasteiger partial charge in [-0.3, -0.25) is 5.84 Å². The number of nitrogen functional groups attached to an aromatic ring is 1. The second-order valence-corrected chi connectivity index (χ2v) is 3.08. The molecule has 0 aliphatic carbocycles. The first-order valence-electron chi connectivity index (χ1n) is 4.39. The largest absolute Gasteiger partial charge is 0.467 e. The van der Waals surface area contributed by atoms with Crippen LogP contribution in [0, 0.1) is 13.8 Å².